The minimum atomic E-state index is -3.06. The molecule has 0 aliphatic carbocycles. The van der Waals surface area contributed by atoms with E-state index in [1.54, 1.807) is 38.5 Å². The van der Waals surface area contributed by atoms with E-state index in [1.165, 1.54) is 4.90 Å². The van der Waals surface area contributed by atoms with Crippen LogP contribution in [0.15, 0.2) is 53.6 Å². The van der Waals surface area contributed by atoms with Crippen LogP contribution in [0.5, 0.6) is 5.75 Å². The molecule has 1 aliphatic rings. The SMILES string of the molecule is CCOc1ccc(-c2cnc3nc2NCCCCS(=N)(=O)c2cc(NC(=O)N(C)C)cc(c2)N3)cc1. The van der Waals surface area contributed by atoms with Gasteiger partial charge in [0, 0.05) is 49.5 Å². The van der Waals surface area contributed by atoms with E-state index in [1.807, 2.05) is 31.2 Å². The molecule has 3 aromatic rings. The Kier molecular flexibility index (Phi) is 7.58. The van der Waals surface area contributed by atoms with E-state index in [4.69, 9.17) is 14.5 Å². The van der Waals surface area contributed by atoms with Gasteiger partial charge >= 0.3 is 6.03 Å². The second kappa shape index (κ2) is 10.8. The molecule has 0 saturated carbocycles. The number of nitrogens with one attached hydrogen (secondary N) is 4. The van der Waals surface area contributed by atoms with Gasteiger partial charge in [0.05, 0.1) is 21.2 Å². The van der Waals surface area contributed by atoms with Gasteiger partial charge in [0.2, 0.25) is 5.95 Å². The molecule has 2 heterocycles. The summed E-state index contributed by atoms with van der Waals surface area (Å²) in [6.45, 7) is 3.15. The first-order valence-corrected chi connectivity index (χ1v) is 13.5. The standard InChI is InChI=1S/C25H31N7O3S/c1-4-35-20-9-7-17(8-10-20)22-16-28-24-29-18-13-19(30-25(33)32(2)3)15-21(14-18)36(26,34)12-6-5-11-27-23(22)31-24/h7-10,13-16,26H,4-6,11-12H2,1-3H3,(H,30,33)(H2,27,28,29,31). The van der Waals surface area contributed by atoms with Crippen molar-refractivity contribution in [3.8, 4) is 16.9 Å². The lowest BCUT2D eigenvalue weighted by atomic mass is 10.1. The molecule has 2 amide bonds. The third-order valence-corrected chi connectivity index (χ3v) is 7.48. The first kappa shape index (κ1) is 25.2. The van der Waals surface area contributed by atoms with Crippen molar-refractivity contribution >= 4 is 38.9 Å². The number of urea groups is 1. The zero-order chi connectivity index (χ0) is 25.7. The number of carbonyl (C=O) groups is 1. The van der Waals surface area contributed by atoms with E-state index >= 15 is 0 Å². The molecule has 4 N–H and O–H groups in total. The third kappa shape index (κ3) is 6.03. The van der Waals surface area contributed by atoms with Crippen molar-refractivity contribution in [2.24, 2.45) is 0 Å². The van der Waals surface area contributed by atoms with Crippen molar-refractivity contribution in [2.75, 3.05) is 49.0 Å². The Bertz CT molecular complexity index is 1340. The number of amides is 2. The van der Waals surface area contributed by atoms with Crippen molar-refractivity contribution in [1.29, 1.82) is 4.78 Å². The molecular formula is C25H31N7O3S. The molecular weight excluding hydrogens is 478 g/mol. The number of carbonyl (C=O) groups excluding carboxylic acids is 1. The fraction of sp³-hybridized carbons (Fsp3) is 0.320. The molecule has 1 aliphatic heterocycles. The Morgan fingerprint density at radius 1 is 1.19 bits per heavy atom. The quantitative estimate of drug-likeness (QED) is 0.389. The zero-order valence-corrected chi connectivity index (χ0v) is 21.4. The average Bonchev–Trinajstić information content (AvgIpc) is 2.84. The van der Waals surface area contributed by atoms with Crippen LogP contribution in [-0.2, 0) is 9.73 Å². The summed E-state index contributed by atoms with van der Waals surface area (Å²) in [5.74, 6) is 2.02. The van der Waals surface area contributed by atoms with E-state index in [0.717, 1.165) is 23.3 Å². The molecule has 2 aromatic carbocycles. The molecule has 0 saturated heterocycles. The summed E-state index contributed by atoms with van der Waals surface area (Å²) in [4.78, 5) is 23.2. The number of rotatable bonds is 4. The second-order valence-electron chi connectivity index (χ2n) is 8.62. The van der Waals surface area contributed by atoms with Crippen molar-refractivity contribution in [1.82, 2.24) is 14.9 Å². The van der Waals surface area contributed by atoms with Gasteiger partial charge in [0.15, 0.2) is 0 Å². The monoisotopic (exact) mass is 509 g/mol. The molecule has 1 atom stereocenters. The fourth-order valence-electron chi connectivity index (χ4n) is 3.74. The Morgan fingerprint density at radius 3 is 2.69 bits per heavy atom. The maximum absolute atomic E-state index is 13.2. The van der Waals surface area contributed by atoms with Crippen LogP contribution in [-0.4, -0.2) is 58.1 Å². The maximum Gasteiger partial charge on any atom is 0.321 e. The van der Waals surface area contributed by atoms with Gasteiger partial charge in [-0.3, -0.25) is 0 Å². The van der Waals surface area contributed by atoms with Crippen molar-refractivity contribution in [3.05, 3.63) is 48.7 Å². The summed E-state index contributed by atoms with van der Waals surface area (Å²) in [6, 6.07) is 12.4. The molecule has 0 radical (unpaired) electrons. The normalized spacial score (nSPS) is 17.3. The zero-order valence-electron chi connectivity index (χ0n) is 20.6. The van der Waals surface area contributed by atoms with Crippen molar-refractivity contribution < 1.29 is 13.7 Å². The van der Waals surface area contributed by atoms with E-state index in [-0.39, 0.29) is 11.8 Å². The Morgan fingerprint density at radius 2 is 1.97 bits per heavy atom. The lowest BCUT2D eigenvalue weighted by Gasteiger charge is -2.16. The van der Waals surface area contributed by atoms with Crippen LogP contribution in [0.2, 0.25) is 0 Å². The molecule has 0 spiro atoms. The number of ether oxygens (including phenoxy) is 1. The summed E-state index contributed by atoms with van der Waals surface area (Å²) in [6.07, 6.45) is 3.07. The fourth-order valence-corrected chi connectivity index (χ4v) is 5.22. The molecule has 1 aromatic heterocycles. The largest absolute Gasteiger partial charge is 0.494 e. The average molecular weight is 510 g/mol. The van der Waals surface area contributed by atoms with Gasteiger partial charge in [0.1, 0.15) is 11.6 Å². The van der Waals surface area contributed by atoms with Crippen LogP contribution in [0, 0.1) is 4.78 Å². The predicted molar refractivity (Wildman–Crippen MR) is 143 cm³/mol. The van der Waals surface area contributed by atoms with Crippen LogP contribution in [0.4, 0.5) is 27.9 Å². The molecule has 4 bridgehead atoms. The smallest absolute Gasteiger partial charge is 0.321 e. The lowest BCUT2D eigenvalue weighted by Crippen LogP contribution is -2.27. The molecule has 36 heavy (non-hydrogen) atoms. The molecule has 10 nitrogen and oxygen atoms in total. The lowest BCUT2D eigenvalue weighted by molar-refractivity contribution is 0.230. The highest BCUT2D eigenvalue weighted by atomic mass is 32.2. The number of hydrogen-bond donors (Lipinski definition) is 4. The van der Waals surface area contributed by atoms with Crippen molar-refractivity contribution in [3.63, 3.8) is 0 Å². The van der Waals surface area contributed by atoms with Crippen LogP contribution in [0.1, 0.15) is 19.8 Å². The Hall–Kier alpha value is -3.86. The molecule has 11 heteroatoms. The summed E-state index contributed by atoms with van der Waals surface area (Å²) < 4.78 is 27.3. The molecule has 0 fully saturated rings. The number of aromatic nitrogens is 2. The van der Waals surface area contributed by atoms with E-state index in [9.17, 15) is 9.00 Å². The minimum absolute atomic E-state index is 0.216. The van der Waals surface area contributed by atoms with Crippen molar-refractivity contribution in [2.45, 2.75) is 24.7 Å². The highest BCUT2D eigenvalue weighted by Crippen LogP contribution is 2.31. The second-order valence-corrected chi connectivity index (χ2v) is 10.9. The Labute approximate surface area is 211 Å². The number of anilines is 4. The van der Waals surface area contributed by atoms with Gasteiger partial charge < -0.3 is 25.6 Å². The first-order chi connectivity index (χ1) is 17.2. The van der Waals surface area contributed by atoms with Gasteiger partial charge in [-0.25, -0.2) is 18.8 Å². The van der Waals surface area contributed by atoms with Crippen LogP contribution >= 0.6 is 0 Å². The predicted octanol–water partition coefficient (Wildman–Crippen LogP) is 4.99. The third-order valence-electron chi connectivity index (χ3n) is 5.62. The molecule has 190 valence electrons. The highest BCUT2D eigenvalue weighted by Gasteiger charge is 2.17. The number of hydrogen-bond acceptors (Lipinski definition) is 8. The van der Waals surface area contributed by atoms with E-state index in [2.05, 4.69) is 20.9 Å². The van der Waals surface area contributed by atoms with Gasteiger partial charge in [-0.1, -0.05) is 12.1 Å². The number of fused-ring (bicyclic) bond motifs is 4. The number of nitrogens with zero attached hydrogens (tertiary/aromatic N) is 3. The highest BCUT2D eigenvalue weighted by molar-refractivity contribution is 7.92. The van der Waals surface area contributed by atoms with E-state index in [0.29, 0.717) is 47.6 Å². The molecule has 1 unspecified atom stereocenters. The van der Waals surface area contributed by atoms with Gasteiger partial charge in [0.25, 0.3) is 0 Å². The van der Waals surface area contributed by atoms with Crippen LogP contribution in [0.3, 0.4) is 0 Å². The topological polar surface area (TPSA) is 132 Å². The number of benzene rings is 2. The molecule has 4 rings (SSSR count). The summed E-state index contributed by atoms with van der Waals surface area (Å²) >= 11 is 0. The van der Waals surface area contributed by atoms with Crippen LogP contribution in [0.25, 0.3) is 11.1 Å². The summed E-state index contributed by atoms with van der Waals surface area (Å²) in [7, 11) is 0.210. The van der Waals surface area contributed by atoms with Gasteiger partial charge in [-0.05, 0) is 55.7 Å². The van der Waals surface area contributed by atoms with Gasteiger partial charge in [-0.2, -0.15) is 4.98 Å². The summed E-state index contributed by atoms with van der Waals surface area (Å²) in [5, 5.41) is 9.31. The van der Waals surface area contributed by atoms with Gasteiger partial charge in [-0.15, -0.1) is 0 Å². The van der Waals surface area contributed by atoms with E-state index < -0.39 is 9.73 Å². The van der Waals surface area contributed by atoms with Crippen LogP contribution < -0.4 is 20.7 Å². The maximum atomic E-state index is 13.2. The summed E-state index contributed by atoms with van der Waals surface area (Å²) in [5.41, 5.74) is 2.76. The Balaban J connectivity index is 1.72. The first-order valence-electron chi connectivity index (χ1n) is 11.8. The minimum Gasteiger partial charge on any atom is -0.494 e.